The van der Waals surface area contributed by atoms with Crippen LogP contribution in [0.25, 0.3) is 10.9 Å². The van der Waals surface area contributed by atoms with E-state index in [1.54, 1.807) is 0 Å². The predicted octanol–water partition coefficient (Wildman–Crippen LogP) is 1.71. The summed E-state index contributed by atoms with van der Waals surface area (Å²) in [5.74, 6) is 0. The van der Waals surface area contributed by atoms with Crippen molar-refractivity contribution in [3.05, 3.63) is 36.0 Å². The highest BCUT2D eigenvalue weighted by atomic mass is 31.2. The molecule has 2 aromatic rings. The van der Waals surface area contributed by atoms with Crippen molar-refractivity contribution in [2.75, 3.05) is 6.61 Å². The van der Waals surface area contributed by atoms with Gasteiger partial charge in [-0.3, -0.25) is 4.52 Å². The molecule has 1 aliphatic rings. The van der Waals surface area contributed by atoms with Gasteiger partial charge in [0, 0.05) is 18.0 Å². The number of rotatable bonds is 4. The van der Waals surface area contributed by atoms with Gasteiger partial charge in [-0.05, 0) is 24.6 Å². The molecule has 22 heavy (non-hydrogen) atoms. The molecule has 120 valence electrons. The molecule has 8 heteroatoms. The molecule has 0 spiro atoms. The van der Waals surface area contributed by atoms with Crippen molar-refractivity contribution in [2.24, 2.45) is 0 Å². The van der Waals surface area contributed by atoms with Gasteiger partial charge in [-0.1, -0.05) is 12.1 Å². The molecule has 3 atom stereocenters. The fraction of sp³-hybridized carbons (Fsp3) is 0.429. The Morgan fingerprint density at radius 2 is 2.18 bits per heavy atom. The van der Waals surface area contributed by atoms with Crippen molar-refractivity contribution in [1.82, 2.24) is 4.57 Å². The molecule has 0 aliphatic carbocycles. The van der Waals surface area contributed by atoms with Gasteiger partial charge in [0.25, 0.3) is 0 Å². The van der Waals surface area contributed by atoms with Crippen LogP contribution in [0.3, 0.4) is 0 Å². The van der Waals surface area contributed by atoms with Crippen LogP contribution in [0, 0.1) is 6.92 Å². The summed E-state index contributed by atoms with van der Waals surface area (Å²) in [6.45, 7) is 1.67. The van der Waals surface area contributed by atoms with Crippen LogP contribution in [0.15, 0.2) is 30.5 Å². The molecule has 2 heterocycles. The highest BCUT2D eigenvalue weighted by Gasteiger charge is 2.36. The average Bonchev–Trinajstić information content (AvgIpc) is 3.00. The van der Waals surface area contributed by atoms with Gasteiger partial charge in [-0.2, -0.15) is 0 Å². The number of hydrogen-bond acceptors (Lipinski definition) is 4. The van der Waals surface area contributed by atoms with Crippen molar-refractivity contribution >= 4 is 18.7 Å². The van der Waals surface area contributed by atoms with Gasteiger partial charge in [-0.15, -0.1) is 0 Å². The summed E-state index contributed by atoms with van der Waals surface area (Å²) in [5, 5.41) is 11.1. The lowest BCUT2D eigenvalue weighted by molar-refractivity contribution is -0.0421. The molecule has 3 N–H and O–H groups in total. The molecule has 0 saturated carbocycles. The molecule has 7 nitrogen and oxygen atoms in total. The first-order chi connectivity index (χ1) is 10.3. The first-order valence-corrected chi connectivity index (χ1v) is 8.48. The van der Waals surface area contributed by atoms with E-state index in [4.69, 9.17) is 14.5 Å². The van der Waals surface area contributed by atoms with Gasteiger partial charge in [0.15, 0.2) is 0 Å². The Morgan fingerprint density at radius 1 is 1.41 bits per heavy atom. The highest BCUT2D eigenvalue weighted by molar-refractivity contribution is 7.46. The number of aryl methyl sites for hydroxylation is 1. The molecular formula is C14H18NO6P. The fourth-order valence-corrected chi connectivity index (χ4v) is 3.14. The van der Waals surface area contributed by atoms with Crippen molar-refractivity contribution in [3.8, 4) is 0 Å². The smallest absolute Gasteiger partial charge is 0.390 e. The third-order valence-corrected chi connectivity index (χ3v) is 4.39. The maximum absolute atomic E-state index is 10.7. The molecular weight excluding hydrogens is 309 g/mol. The summed E-state index contributed by atoms with van der Waals surface area (Å²) < 4.78 is 22.8. The molecule has 1 aromatic heterocycles. The first-order valence-electron chi connectivity index (χ1n) is 6.95. The van der Waals surface area contributed by atoms with E-state index >= 15 is 0 Å². The summed E-state index contributed by atoms with van der Waals surface area (Å²) in [6.07, 6.45) is 0.243. The van der Waals surface area contributed by atoms with Gasteiger partial charge in [0.2, 0.25) is 0 Å². The van der Waals surface area contributed by atoms with Crippen LogP contribution in [0.5, 0.6) is 0 Å². The van der Waals surface area contributed by atoms with E-state index < -0.39 is 20.0 Å². The van der Waals surface area contributed by atoms with Crippen molar-refractivity contribution < 1.29 is 28.7 Å². The number of benzene rings is 1. The third-order valence-electron chi connectivity index (χ3n) is 3.90. The second kappa shape index (κ2) is 5.77. The van der Waals surface area contributed by atoms with Gasteiger partial charge >= 0.3 is 7.82 Å². The number of phosphoric ester groups is 1. The van der Waals surface area contributed by atoms with E-state index in [9.17, 15) is 9.67 Å². The number of hydrogen-bond donors (Lipinski definition) is 3. The Labute approximate surface area is 127 Å². The van der Waals surface area contributed by atoms with E-state index in [2.05, 4.69) is 4.52 Å². The number of fused-ring (bicyclic) bond motifs is 1. The Kier molecular flexibility index (Phi) is 4.11. The minimum atomic E-state index is -4.57. The number of aliphatic hydroxyl groups excluding tert-OH is 1. The van der Waals surface area contributed by atoms with E-state index in [0.717, 1.165) is 16.5 Å². The minimum Gasteiger partial charge on any atom is -0.390 e. The zero-order chi connectivity index (χ0) is 15.9. The Bertz CT molecular complexity index is 723. The van der Waals surface area contributed by atoms with Crippen molar-refractivity contribution in [2.45, 2.75) is 31.8 Å². The second-order valence-corrected chi connectivity index (χ2v) is 6.69. The van der Waals surface area contributed by atoms with Crippen LogP contribution in [-0.4, -0.2) is 38.3 Å². The third kappa shape index (κ3) is 3.10. The molecule has 1 aliphatic heterocycles. The lowest BCUT2D eigenvalue weighted by atomic mass is 10.1. The van der Waals surface area contributed by atoms with E-state index in [-0.39, 0.29) is 12.8 Å². The van der Waals surface area contributed by atoms with Crippen LogP contribution >= 0.6 is 7.82 Å². The molecule has 0 radical (unpaired) electrons. The maximum atomic E-state index is 10.7. The summed E-state index contributed by atoms with van der Waals surface area (Å²) in [6, 6.07) is 7.93. The monoisotopic (exact) mass is 327 g/mol. The van der Waals surface area contributed by atoms with Gasteiger partial charge in [0.05, 0.1) is 18.2 Å². The normalized spacial score (nSPS) is 25.9. The summed E-state index contributed by atoms with van der Waals surface area (Å²) >= 11 is 0. The first kappa shape index (κ1) is 15.7. The topological polar surface area (TPSA) is 101 Å². The molecule has 0 unspecified atom stereocenters. The van der Waals surface area contributed by atoms with Gasteiger partial charge < -0.3 is 24.2 Å². The zero-order valence-corrected chi connectivity index (χ0v) is 12.9. The van der Waals surface area contributed by atoms with Crippen LogP contribution in [-0.2, 0) is 13.8 Å². The Morgan fingerprint density at radius 3 is 2.91 bits per heavy atom. The number of phosphoric acid groups is 1. The molecule has 1 fully saturated rings. The van der Waals surface area contributed by atoms with Crippen LogP contribution in [0.4, 0.5) is 0 Å². The van der Waals surface area contributed by atoms with Crippen molar-refractivity contribution in [1.29, 1.82) is 0 Å². The Hall–Kier alpha value is -1.21. The molecule has 1 saturated heterocycles. The zero-order valence-electron chi connectivity index (χ0n) is 12.0. The Balaban J connectivity index is 1.78. The molecule has 0 bridgehead atoms. The average molecular weight is 327 g/mol. The van der Waals surface area contributed by atoms with Crippen LogP contribution < -0.4 is 0 Å². The maximum Gasteiger partial charge on any atom is 0.469 e. The van der Waals surface area contributed by atoms with Crippen molar-refractivity contribution in [3.63, 3.8) is 0 Å². The summed E-state index contributed by atoms with van der Waals surface area (Å²) in [5.41, 5.74) is 2.14. The SMILES string of the molecule is Cc1cccc2c1ccn2[C@@H]1C[C@H](O)[C@@H](COP(=O)(O)O)O1. The molecule has 0 amide bonds. The van der Waals surface area contributed by atoms with Gasteiger partial charge in [0.1, 0.15) is 12.3 Å². The van der Waals surface area contributed by atoms with E-state index in [1.165, 1.54) is 0 Å². The lowest BCUT2D eigenvalue weighted by Gasteiger charge is -2.17. The quantitative estimate of drug-likeness (QED) is 0.739. The number of ether oxygens (including phenoxy) is 1. The summed E-state index contributed by atoms with van der Waals surface area (Å²) in [4.78, 5) is 17.5. The number of aliphatic hydroxyl groups is 1. The molecule has 1 aromatic carbocycles. The minimum absolute atomic E-state index is 0.340. The number of nitrogens with zero attached hydrogens (tertiary/aromatic N) is 1. The standard InChI is InChI=1S/C14H18NO6P/c1-9-3-2-4-11-10(9)5-6-15(11)14-7-12(16)13(21-14)8-20-22(17,18)19/h2-6,12-14,16H,7-8H2,1H3,(H2,17,18,19)/t12-,13+,14-/m0/s1. The molecule has 3 rings (SSSR count). The largest absolute Gasteiger partial charge is 0.469 e. The predicted molar refractivity (Wildman–Crippen MR) is 79.2 cm³/mol. The number of aromatic nitrogens is 1. The summed E-state index contributed by atoms with van der Waals surface area (Å²) in [7, 11) is -4.57. The van der Waals surface area contributed by atoms with Crippen LogP contribution in [0.2, 0.25) is 0 Å². The van der Waals surface area contributed by atoms with E-state index in [0.29, 0.717) is 6.42 Å². The van der Waals surface area contributed by atoms with Crippen LogP contribution in [0.1, 0.15) is 18.2 Å². The second-order valence-electron chi connectivity index (χ2n) is 5.45. The van der Waals surface area contributed by atoms with E-state index in [1.807, 2.05) is 42.0 Å². The lowest BCUT2D eigenvalue weighted by Crippen LogP contribution is -2.25. The van der Waals surface area contributed by atoms with Gasteiger partial charge in [-0.25, -0.2) is 4.57 Å². The highest BCUT2D eigenvalue weighted by Crippen LogP contribution is 2.39. The fourth-order valence-electron chi connectivity index (χ4n) is 2.80.